The third-order valence-electron chi connectivity index (χ3n) is 4.32. The standard InChI is InChI=1S/C22H28F2N4O3.HI/c1-15-8-9-19(31-21(23)24)17(10-15)13-27-22(25-2)26-12-16-6-5-7-18(11-16)30-14-20(29)28(3)4;/h5-11,21H,12-14H2,1-4H3,(H2,25,26,27);1H. The number of benzene rings is 2. The van der Waals surface area contributed by atoms with E-state index in [-0.39, 0.29) is 48.8 Å². The fourth-order valence-electron chi connectivity index (χ4n) is 2.66. The van der Waals surface area contributed by atoms with E-state index >= 15 is 0 Å². The Bertz CT molecular complexity index is 910. The fraction of sp³-hybridized carbons (Fsp3) is 0.364. The molecule has 0 aliphatic heterocycles. The van der Waals surface area contributed by atoms with E-state index < -0.39 is 6.61 Å². The van der Waals surface area contributed by atoms with Gasteiger partial charge in [-0.15, -0.1) is 24.0 Å². The minimum Gasteiger partial charge on any atom is -0.484 e. The molecule has 0 aliphatic carbocycles. The minimum absolute atomic E-state index is 0. The van der Waals surface area contributed by atoms with Crippen LogP contribution in [-0.4, -0.2) is 51.1 Å². The maximum atomic E-state index is 12.6. The molecule has 7 nitrogen and oxygen atoms in total. The second-order valence-electron chi connectivity index (χ2n) is 6.99. The summed E-state index contributed by atoms with van der Waals surface area (Å²) in [5.74, 6) is 1.09. The van der Waals surface area contributed by atoms with Gasteiger partial charge in [-0.05, 0) is 30.7 Å². The number of hydrogen-bond acceptors (Lipinski definition) is 4. The molecule has 176 valence electrons. The van der Waals surface area contributed by atoms with E-state index in [9.17, 15) is 13.6 Å². The van der Waals surface area contributed by atoms with E-state index in [2.05, 4.69) is 20.4 Å². The van der Waals surface area contributed by atoms with Crippen molar-refractivity contribution in [2.45, 2.75) is 26.6 Å². The third-order valence-corrected chi connectivity index (χ3v) is 4.32. The normalized spacial score (nSPS) is 10.9. The van der Waals surface area contributed by atoms with Gasteiger partial charge in [-0.25, -0.2) is 0 Å². The zero-order chi connectivity index (χ0) is 22.8. The average molecular weight is 562 g/mol. The summed E-state index contributed by atoms with van der Waals surface area (Å²) in [5.41, 5.74) is 2.46. The number of hydrogen-bond donors (Lipinski definition) is 2. The highest BCUT2D eigenvalue weighted by molar-refractivity contribution is 14.0. The van der Waals surface area contributed by atoms with Crippen LogP contribution in [0.25, 0.3) is 0 Å². The van der Waals surface area contributed by atoms with Gasteiger partial charge in [-0.1, -0.05) is 29.8 Å². The van der Waals surface area contributed by atoms with Gasteiger partial charge in [0.15, 0.2) is 12.6 Å². The predicted molar refractivity (Wildman–Crippen MR) is 131 cm³/mol. The molecule has 2 aromatic carbocycles. The summed E-state index contributed by atoms with van der Waals surface area (Å²) in [5, 5.41) is 6.26. The van der Waals surface area contributed by atoms with Gasteiger partial charge in [0.1, 0.15) is 11.5 Å². The summed E-state index contributed by atoms with van der Waals surface area (Å²) in [6, 6.07) is 12.4. The van der Waals surface area contributed by atoms with Gasteiger partial charge in [-0.2, -0.15) is 8.78 Å². The number of guanidine groups is 1. The smallest absolute Gasteiger partial charge is 0.387 e. The summed E-state index contributed by atoms with van der Waals surface area (Å²) >= 11 is 0. The third kappa shape index (κ3) is 9.25. The molecule has 0 aliphatic rings. The monoisotopic (exact) mass is 562 g/mol. The Morgan fingerprint density at radius 2 is 1.84 bits per heavy atom. The molecular formula is C22H29F2IN4O3. The number of carbonyl (C=O) groups is 1. The zero-order valence-corrected chi connectivity index (χ0v) is 20.9. The molecule has 0 spiro atoms. The molecular weight excluding hydrogens is 533 g/mol. The zero-order valence-electron chi connectivity index (χ0n) is 18.5. The van der Waals surface area contributed by atoms with Crippen LogP contribution in [0, 0.1) is 6.92 Å². The lowest BCUT2D eigenvalue weighted by Gasteiger charge is -2.15. The number of carbonyl (C=O) groups excluding carboxylic acids is 1. The molecule has 0 atom stereocenters. The Balaban J connectivity index is 0.00000512. The van der Waals surface area contributed by atoms with E-state index in [1.54, 1.807) is 39.3 Å². The summed E-state index contributed by atoms with van der Waals surface area (Å²) in [6.45, 7) is -0.330. The topological polar surface area (TPSA) is 75.2 Å². The van der Waals surface area contributed by atoms with Crippen LogP contribution < -0.4 is 20.1 Å². The molecule has 0 saturated carbocycles. The van der Waals surface area contributed by atoms with Gasteiger partial charge in [-0.3, -0.25) is 9.79 Å². The summed E-state index contributed by atoms with van der Waals surface area (Å²) in [7, 11) is 4.96. The maximum absolute atomic E-state index is 12.6. The Morgan fingerprint density at radius 1 is 1.12 bits per heavy atom. The number of nitrogens with zero attached hydrogens (tertiary/aromatic N) is 2. The number of rotatable bonds is 9. The molecule has 0 heterocycles. The van der Waals surface area contributed by atoms with Crippen LogP contribution in [-0.2, 0) is 17.9 Å². The quantitative estimate of drug-likeness (QED) is 0.278. The van der Waals surface area contributed by atoms with E-state index in [0.29, 0.717) is 23.8 Å². The van der Waals surface area contributed by atoms with Crippen molar-refractivity contribution in [3.63, 3.8) is 0 Å². The van der Waals surface area contributed by atoms with E-state index in [1.807, 2.05) is 25.1 Å². The first kappa shape index (κ1) is 27.4. The highest BCUT2D eigenvalue weighted by Gasteiger charge is 2.11. The number of amides is 1. The van der Waals surface area contributed by atoms with Crippen LogP contribution in [0.3, 0.4) is 0 Å². The molecule has 32 heavy (non-hydrogen) atoms. The number of aryl methyl sites for hydroxylation is 1. The van der Waals surface area contributed by atoms with Gasteiger partial charge < -0.3 is 25.0 Å². The van der Waals surface area contributed by atoms with Crippen molar-refractivity contribution in [3.05, 3.63) is 59.2 Å². The molecule has 0 unspecified atom stereocenters. The van der Waals surface area contributed by atoms with Gasteiger partial charge >= 0.3 is 6.61 Å². The molecule has 2 N–H and O–H groups in total. The molecule has 0 aromatic heterocycles. The van der Waals surface area contributed by atoms with E-state index in [4.69, 9.17) is 4.74 Å². The molecule has 0 bridgehead atoms. The number of likely N-dealkylation sites (N-methyl/N-ethyl adjacent to an activating group) is 1. The lowest BCUT2D eigenvalue weighted by Crippen LogP contribution is -2.36. The van der Waals surface area contributed by atoms with Crippen molar-refractivity contribution in [1.82, 2.24) is 15.5 Å². The second-order valence-corrected chi connectivity index (χ2v) is 6.99. The Morgan fingerprint density at radius 3 is 2.50 bits per heavy atom. The summed E-state index contributed by atoms with van der Waals surface area (Å²) < 4.78 is 35.4. The van der Waals surface area contributed by atoms with Crippen molar-refractivity contribution in [2.24, 2.45) is 4.99 Å². The lowest BCUT2D eigenvalue weighted by atomic mass is 10.1. The van der Waals surface area contributed by atoms with Crippen molar-refractivity contribution in [2.75, 3.05) is 27.7 Å². The molecule has 0 fully saturated rings. The number of ether oxygens (including phenoxy) is 2. The highest BCUT2D eigenvalue weighted by atomic mass is 127. The number of alkyl halides is 2. The molecule has 2 rings (SSSR count). The fourth-order valence-corrected chi connectivity index (χ4v) is 2.66. The van der Waals surface area contributed by atoms with Crippen molar-refractivity contribution >= 4 is 35.8 Å². The molecule has 1 amide bonds. The van der Waals surface area contributed by atoms with Crippen LogP contribution in [0.1, 0.15) is 16.7 Å². The van der Waals surface area contributed by atoms with Crippen LogP contribution in [0.15, 0.2) is 47.5 Å². The first-order valence-corrected chi connectivity index (χ1v) is 9.69. The maximum Gasteiger partial charge on any atom is 0.387 e. The lowest BCUT2D eigenvalue weighted by molar-refractivity contribution is -0.130. The SMILES string of the molecule is CN=C(NCc1cccc(OCC(=O)N(C)C)c1)NCc1cc(C)ccc1OC(F)F.I. The van der Waals surface area contributed by atoms with Crippen molar-refractivity contribution in [1.29, 1.82) is 0 Å². The van der Waals surface area contributed by atoms with Crippen LogP contribution in [0.5, 0.6) is 11.5 Å². The van der Waals surface area contributed by atoms with Gasteiger partial charge in [0.05, 0.1) is 0 Å². The summed E-state index contributed by atoms with van der Waals surface area (Å²) in [4.78, 5) is 17.3. The molecule has 10 heteroatoms. The largest absolute Gasteiger partial charge is 0.484 e. The second kappa shape index (κ2) is 13.7. The van der Waals surface area contributed by atoms with Gasteiger partial charge in [0.2, 0.25) is 0 Å². The number of aliphatic imine (C=N–C) groups is 1. The van der Waals surface area contributed by atoms with Crippen LogP contribution in [0.4, 0.5) is 8.78 Å². The van der Waals surface area contributed by atoms with Crippen LogP contribution in [0.2, 0.25) is 0 Å². The highest BCUT2D eigenvalue weighted by Crippen LogP contribution is 2.22. The van der Waals surface area contributed by atoms with Crippen molar-refractivity contribution < 1.29 is 23.0 Å². The Hall–Kier alpha value is -2.63. The molecule has 2 aromatic rings. The molecule has 0 saturated heterocycles. The molecule has 0 radical (unpaired) electrons. The van der Waals surface area contributed by atoms with Crippen LogP contribution >= 0.6 is 24.0 Å². The Kier molecular flexibility index (Phi) is 11.7. The number of halogens is 3. The Labute approximate surface area is 204 Å². The summed E-state index contributed by atoms with van der Waals surface area (Å²) in [6.07, 6.45) is 0. The first-order valence-electron chi connectivity index (χ1n) is 9.69. The average Bonchev–Trinajstić information content (AvgIpc) is 2.73. The van der Waals surface area contributed by atoms with Crippen molar-refractivity contribution in [3.8, 4) is 11.5 Å². The van der Waals surface area contributed by atoms with Gasteiger partial charge in [0.25, 0.3) is 5.91 Å². The minimum atomic E-state index is -2.89. The van der Waals surface area contributed by atoms with Gasteiger partial charge in [0, 0.05) is 39.8 Å². The van der Waals surface area contributed by atoms with E-state index in [0.717, 1.165) is 11.1 Å². The first-order chi connectivity index (χ1) is 14.8. The number of nitrogens with one attached hydrogen (secondary N) is 2. The predicted octanol–water partition coefficient (Wildman–Crippen LogP) is 3.55. The van der Waals surface area contributed by atoms with E-state index in [1.165, 1.54) is 11.0 Å².